The quantitative estimate of drug-likeness (QED) is 0.714. The van der Waals surface area contributed by atoms with Gasteiger partial charge in [-0.25, -0.2) is 13.2 Å². The second-order valence-corrected chi connectivity index (χ2v) is 3.08. The van der Waals surface area contributed by atoms with E-state index in [4.69, 9.17) is 11.5 Å². The van der Waals surface area contributed by atoms with E-state index in [0.29, 0.717) is 0 Å². The van der Waals surface area contributed by atoms with Gasteiger partial charge in [0.15, 0.2) is 0 Å². The van der Waals surface area contributed by atoms with Crippen LogP contribution in [0.2, 0.25) is 0 Å². The molecule has 4 N–H and O–H groups in total. The molecular weight excluding hydrogens is 226 g/mol. The molecule has 1 atom stereocenters. The van der Waals surface area contributed by atoms with Gasteiger partial charge in [0.2, 0.25) is 0 Å². The van der Waals surface area contributed by atoms with E-state index >= 15 is 0 Å². The highest BCUT2D eigenvalue weighted by molar-refractivity contribution is 4.99. The summed E-state index contributed by atoms with van der Waals surface area (Å²) >= 11 is 0. The largest absolute Gasteiger partial charge is 0.428 e. The molecule has 0 fully saturated rings. The normalized spacial score (nSPS) is 17.6. The Morgan fingerprint density at radius 1 is 0.733 bits per heavy atom. The van der Waals surface area contributed by atoms with Crippen LogP contribution >= 0.6 is 0 Å². The predicted molar refractivity (Wildman–Crippen MR) is 42.2 cm³/mol. The molecule has 15 heavy (non-hydrogen) atoms. The van der Waals surface area contributed by atoms with Crippen LogP contribution in [0.25, 0.3) is 0 Å². The van der Waals surface area contributed by atoms with Crippen molar-refractivity contribution in [2.45, 2.75) is 30.6 Å². The van der Waals surface area contributed by atoms with Crippen molar-refractivity contribution in [2.24, 2.45) is 11.5 Å². The van der Waals surface area contributed by atoms with Gasteiger partial charge in [0.05, 0.1) is 0 Å². The molecule has 0 radical (unpaired) electrons. The van der Waals surface area contributed by atoms with Gasteiger partial charge in [-0.1, -0.05) is 0 Å². The van der Waals surface area contributed by atoms with Gasteiger partial charge in [-0.3, -0.25) is 0 Å². The lowest BCUT2D eigenvalue weighted by atomic mass is 9.90. The number of hydrogen-bond donors (Lipinski definition) is 2. The maximum Gasteiger partial charge on any atom is 0.428 e. The van der Waals surface area contributed by atoms with Crippen molar-refractivity contribution < 1.29 is 26.3 Å². The number of alkyl halides is 6. The lowest BCUT2D eigenvalue weighted by Gasteiger charge is -2.34. The topological polar surface area (TPSA) is 52.0 Å². The Hall–Kier alpha value is -0.500. The highest BCUT2D eigenvalue weighted by atomic mass is 19.4. The summed E-state index contributed by atoms with van der Waals surface area (Å²) in [6.07, 6.45) is -8.52. The van der Waals surface area contributed by atoms with Crippen LogP contribution in [0, 0.1) is 0 Å². The standard InChI is InChI=1S/C7H12F6N2/c8-5(1-3-14,7(11,12)13)6(9,10)2-4-15/h1-4,14-15H2. The molecule has 0 rings (SSSR count). The van der Waals surface area contributed by atoms with Gasteiger partial charge in [-0.05, 0) is 13.1 Å². The Morgan fingerprint density at radius 2 is 1.13 bits per heavy atom. The van der Waals surface area contributed by atoms with E-state index in [0.717, 1.165) is 0 Å². The maximum atomic E-state index is 13.3. The van der Waals surface area contributed by atoms with Crippen LogP contribution in [0.5, 0.6) is 0 Å². The van der Waals surface area contributed by atoms with Crippen LogP contribution in [0.3, 0.4) is 0 Å². The first-order valence-corrected chi connectivity index (χ1v) is 4.16. The van der Waals surface area contributed by atoms with Crippen LogP contribution in [-0.2, 0) is 0 Å². The lowest BCUT2D eigenvalue weighted by Crippen LogP contribution is -2.56. The van der Waals surface area contributed by atoms with Gasteiger partial charge in [0.25, 0.3) is 11.6 Å². The second-order valence-electron chi connectivity index (χ2n) is 3.08. The van der Waals surface area contributed by atoms with Crippen molar-refractivity contribution in [1.29, 1.82) is 0 Å². The second kappa shape index (κ2) is 4.56. The van der Waals surface area contributed by atoms with Crippen LogP contribution in [0.4, 0.5) is 26.3 Å². The van der Waals surface area contributed by atoms with E-state index in [9.17, 15) is 26.3 Å². The summed E-state index contributed by atoms with van der Waals surface area (Å²) in [5.74, 6) is -4.56. The highest BCUT2D eigenvalue weighted by Crippen LogP contribution is 2.48. The van der Waals surface area contributed by atoms with Gasteiger partial charge in [0.1, 0.15) is 0 Å². The molecule has 0 aliphatic rings. The molecule has 0 amide bonds. The number of halogens is 6. The Morgan fingerprint density at radius 3 is 1.40 bits per heavy atom. The molecule has 0 aromatic rings. The summed E-state index contributed by atoms with van der Waals surface area (Å²) in [7, 11) is 0. The van der Waals surface area contributed by atoms with E-state index in [-0.39, 0.29) is 0 Å². The third-order valence-electron chi connectivity index (χ3n) is 1.98. The van der Waals surface area contributed by atoms with Crippen LogP contribution in [-0.4, -0.2) is 30.9 Å². The monoisotopic (exact) mass is 238 g/mol. The molecule has 0 saturated carbocycles. The van der Waals surface area contributed by atoms with E-state index in [1.807, 2.05) is 0 Å². The summed E-state index contributed by atoms with van der Waals surface area (Å²) < 4.78 is 75.6. The molecule has 0 aliphatic heterocycles. The van der Waals surface area contributed by atoms with Crippen molar-refractivity contribution in [2.75, 3.05) is 13.1 Å². The van der Waals surface area contributed by atoms with E-state index in [1.54, 1.807) is 0 Å². The average molecular weight is 238 g/mol. The number of rotatable bonds is 5. The highest BCUT2D eigenvalue weighted by Gasteiger charge is 2.69. The molecule has 0 aliphatic carbocycles. The van der Waals surface area contributed by atoms with Crippen molar-refractivity contribution in [3.63, 3.8) is 0 Å². The minimum Gasteiger partial charge on any atom is -0.330 e. The first kappa shape index (κ1) is 14.5. The third kappa shape index (κ3) is 2.75. The molecule has 2 nitrogen and oxygen atoms in total. The third-order valence-corrected chi connectivity index (χ3v) is 1.98. The summed E-state index contributed by atoms with van der Waals surface area (Å²) in [6, 6.07) is 0. The summed E-state index contributed by atoms with van der Waals surface area (Å²) in [4.78, 5) is 0. The molecule has 1 unspecified atom stereocenters. The van der Waals surface area contributed by atoms with Crippen LogP contribution < -0.4 is 11.5 Å². The molecule has 0 aromatic heterocycles. The van der Waals surface area contributed by atoms with Gasteiger partial charge >= 0.3 is 6.18 Å². The summed E-state index contributed by atoms with van der Waals surface area (Å²) in [6.45, 7) is -1.56. The smallest absolute Gasteiger partial charge is 0.330 e. The Balaban J connectivity index is 5.10. The van der Waals surface area contributed by atoms with Crippen LogP contribution in [0.1, 0.15) is 12.8 Å². The Kier molecular flexibility index (Phi) is 4.41. The molecular formula is C7H12F6N2. The fraction of sp³-hybridized carbons (Fsp3) is 1.00. The zero-order valence-electron chi connectivity index (χ0n) is 7.75. The summed E-state index contributed by atoms with van der Waals surface area (Å²) in [5.41, 5.74) is 4.80. The van der Waals surface area contributed by atoms with Gasteiger partial charge in [-0.15, -0.1) is 0 Å². The zero-order chi connectivity index (χ0) is 12.3. The fourth-order valence-corrected chi connectivity index (χ4v) is 1.11. The maximum absolute atomic E-state index is 13.3. The Bertz CT molecular complexity index is 204. The summed E-state index contributed by atoms with van der Waals surface area (Å²) in [5, 5.41) is 0. The zero-order valence-corrected chi connectivity index (χ0v) is 7.75. The number of nitrogens with two attached hydrogens (primary N) is 2. The minimum atomic E-state index is -5.66. The molecule has 0 heterocycles. The van der Waals surface area contributed by atoms with Crippen LogP contribution in [0.15, 0.2) is 0 Å². The SMILES string of the molecule is NCCC(F)(F)C(F)(CCN)C(F)(F)F. The fourth-order valence-electron chi connectivity index (χ4n) is 1.11. The molecule has 0 spiro atoms. The first-order chi connectivity index (χ1) is 6.62. The van der Waals surface area contributed by atoms with Crippen molar-refractivity contribution in [3.05, 3.63) is 0 Å². The van der Waals surface area contributed by atoms with E-state index < -0.39 is 43.7 Å². The van der Waals surface area contributed by atoms with E-state index in [1.165, 1.54) is 0 Å². The van der Waals surface area contributed by atoms with Gasteiger partial charge in [-0.2, -0.15) is 13.2 Å². The number of hydrogen-bond acceptors (Lipinski definition) is 2. The van der Waals surface area contributed by atoms with Crippen molar-refractivity contribution in [1.82, 2.24) is 0 Å². The Labute approximate surface area is 82.6 Å². The van der Waals surface area contributed by atoms with Gasteiger partial charge < -0.3 is 11.5 Å². The average Bonchev–Trinajstić information content (AvgIpc) is 2.02. The molecule has 0 saturated heterocycles. The predicted octanol–water partition coefficient (Wildman–Crippen LogP) is 1.59. The van der Waals surface area contributed by atoms with E-state index in [2.05, 4.69) is 0 Å². The lowest BCUT2D eigenvalue weighted by molar-refractivity contribution is -0.304. The van der Waals surface area contributed by atoms with Gasteiger partial charge in [0, 0.05) is 12.8 Å². The molecule has 0 bridgehead atoms. The van der Waals surface area contributed by atoms with Crippen molar-refractivity contribution >= 4 is 0 Å². The molecule has 8 heteroatoms. The molecule has 0 aromatic carbocycles. The minimum absolute atomic E-state index is 0.737. The first-order valence-electron chi connectivity index (χ1n) is 4.16. The van der Waals surface area contributed by atoms with Crippen molar-refractivity contribution in [3.8, 4) is 0 Å². The molecule has 92 valence electrons.